The molecule has 0 fully saturated rings. The molecule has 3 nitrogen and oxygen atoms in total. The molecular formula is C18H21BrClFN2O. The van der Waals surface area contributed by atoms with Gasteiger partial charge in [0.2, 0.25) is 5.91 Å². The predicted molar refractivity (Wildman–Crippen MR) is 102 cm³/mol. The van der Waals surface area contributed by atoms with Crippen LogP contribution in [0.3, 0.4) is 0 Å². The minimum absolute atomic E-state index is 0. The third kappa shape index (κ3) is 5.49. The number of anilines is 1. The van der Waals surface area contributed by atoms with Crippen molar-refractivity contribution >= 4 is 39.9 Å². The molecule has 0 bridgehead atoms. The fourth-order valence-corrected chi connectivity index (χ4v) is 2.82. The van der Waals surface area contributed by atoms with Crippen LogP contribution in [0.2, 0.25) is 0 Å². The molecule has 0 aliphatic carbocycles. The molecule has 0 atom stereocenters. The summed E-state index contributed by atoms with van der Waals surface area (Å²) in [7, 11) is 0. The molecule has 0 saturated carbocycles. The van der Waals surface area contributed by atoms with Crippen LogP contribution in [0.5, 0.6) is 0 Å². The van der Waals surface area contributed by atoms with Crippen molar-refractivity contribution in [3.63, 3.8) is 0 Å². The Morgan fingerprint density at radius 1 is 1.21 bits per heavy atom. The number of aryl methyl sites for hydroxylation is 1. The highest BCUT2D eigenvalue weighted by molar-refractivity contribution is 9.10. The summed E-state index contributed by atoms with van der Waals surface area (Å²) < 4.78 is 14.7. The molecule has 2 aromatic rings. The number of nitrogens with zero attached hydrogens (tertiary/aromatic N) is 1. The molecule has 0 spiro atoms. The van der Waals surface area contributed by atoms with E-state index < -0.39 is 0 Å². The van der Waals surface area contributed by atoms with E-state index >= 15 is 0 Å². The lowest BCUT2D eigenvalue weighted by Gasteiger charge is -2.21. The minimum atomic E-state index is -0.299. The number of halogens is 3. The first kappa shape index (κ1) is 20.5. The molecule has 6 heteroatoms. The molecule has 24 heavy (non-hydrogen) atoms. The number of para-hydroxylation sites is 1. The number of nitrogens with two attached hydrogens (primary N) is 1. The largest absolute Gasteiger partial charge is 0.399 e. The number of benzene rings is 2. The van der Waals surface area contributed by atoms with Gasteiger partial charge in [0.25, 0.3) is 0 Å². The van der Waals surface area contributed by atoms with Crippen molar-refractivity contribution in [3.8, 4) is 0 Å². The second-order valence-corrected chi connectivity index (χ2v) is 6.26. The van der Waals surface area contributed by atoms with Gasteiger partial charge in [-0.3, -0.25) is 4.79 Å². The summed E-state index contributed by atoms with van der Waals surface area (Å²) in [6.07, 6.45) is 0.945. The number of carbonyl (C=O) groups excluding carboxylic acids is 1. The maximum atomic E-state index is 13.9. The molecule has 0 radical (unpaired) electrons. The Hall–Kier alpha value is -1.59. The van der Waals surface area contributed by atoms with Crippen LogP contribution >= 0.6 is 28.3 Å². The highest BCUT2D eigenvalue weighted by atomic mass is 79.9. The highest BCUT2D eigenvalue weighted by Gasteiger charge is 2.15. The summed E-state index contributed by atoms with van der Waals surface area (Å²) in [4.78, 5) is 14.1. The Balaban J connectivity index is 0.00000288. The summed E-state index contributed by atoms with van der Waals surface area (Å²) in [6.45, 7) is 2.70. The van der Waals surface area contributed by atoms with Gasteiger partial charge in [-0.1, -0.05) is 34.1 Å². The summed E-state index contributed by atoms with van der Waals surface area (Å²) in [5, 5.41) is 0. The average Bonchev–Trinajstić information content (AvgIpc) is 2.54. The number of carbonyl (C=O) groups is 1. The number of nitrogen functional groups attached to an aromatic ring is 1. The number of rotatable bonds is 6. The van der Waals surface area contributed by atoms with Gasteiger partial charge in [-0.25, -0.2) is 4.39 Å². The fraction of sp³-hybridized carbons (Fsp3) is 0.278. The zero-order valence-corrected chi connectivity index (χ0v) is 15.9. The summed E-state index contributed by atoms with van der Waals surface area (Å²) in [5.41, 5.74) is 8.06. The van der Waals surface area contributed by atoms with Gasteiger partial charge < -0.3 is 10.6 Å². The number of amides is 1. The van der Waals surface area contributed by atoms with Crippen molar-refractivity contribution in [2.45, 2.75) is 26.3 Å². The first-order valence-electron chi connectivity index (χ1n) is 7.56. The fourth-order valence-electron chi connectivity index (χ4n) is 2.41. The van der Waals surface area contributed by atoms with E-state index in [1.54, 1.807) is 17.0 Å². The Morgan fingerprint density at radius 3 is 2.58 bits per heavy atom. The van der Waals surface area contributed by atoms with Gasteiger partial charge in [-0.05, 0) is 43.2 Å². The van der Waals surface area contributed by atoms with Crippen LogP contribution in [-0.2, 0) is 17.8 Å². The van der Waals surface area contributed by atoms with Crippen LogP contribution in [0.25, 0.3) is 0 Å². The zero-order chi connectivity index (χ0) is 16.8. The van der Waals surface area contributed by atoms with Crippen LogP contribution in [0.15, 0.2) is 46.9 Å². The third-order valence-electron chi connectivity index (χ3n) is 3.77. The smallest absolute Gasteiger partial charge is 0.223 e. The molecule has 1 amide bonds. The van der Waals surface area contributed by atoms with E-state index in [4.69, 9.17) is 5.73 Å². The molecule has 0 saturated heterocycles. The number of hydrogen-bond donors (Lipinski definition) is 1. The molecule has 0 unspecified atom stereocenters. The molecule has 130 valence electrons. The standard InChI is InChI=1S/C18H20BrFN2O.ClH/c1-2-22(12-14-11-15(19)8-9-16(14)20)18(23)10-7-13-5-3-4-6-17(13)21;/h3-6,8-9,11H,2,7,10,12,21H2,1H3;1H. The van der Waals surface area contributed by atoms with E-state index in [9.17, 15) is 9.18 Å². The van der Waals surface area contributed by atoms with E-state index in [0.29, 0.717) is 30.6 Å². The molecule has 0 heterocycles. The van der Waals surface area contributed by atoms with E-state index in [-0.39, 0.29) is 30.7 Å². The van der Waals surface area contributed by atoms with Gasteiger partial charge in [-0.2, -0.15) is 0 Å². The molecule has 0 aliphatic rings. The van der Waals surface area contributed by atoms with E-state index in [2.05, 4.69) is 15.9 Å². The van der Waals surface area contributed by atoms with Crippen LogP contribution in [0.1, 0.15) is 24.5 Å². The molecule has 2 aromatic carbocycles. The van der Waals surface area contributed by atoms with Gasteiger partial charge >= 0.3 is 0 Å². The van der Waals surface area contributed by atoms with Crippen LogP contribution in [0.4, 0.5) is 10.1 Å². The maximum Gasteiger partial charge on any atom is 0.223 e. The predicted octanol–water partition coefficient (Wildman–Crippen LogP) is 4.57. The van der Waals surface area contributed by atoms with E-state index in [0.717, 1.165) is 10.0 Å². The zero-order valence-electron chi connectivity index (χ0n) is 13.5. The second kappa shape index (κ2) is 9.64. The van der Waals surface area contributed by atoms with Gasteiger partial charge in [0.15, 0.2) is 0 Å². The van der Waals surface area contributed by atoms with Crippen molar-refractivity contribution in [2.75, 3.05) is 12.3 Å². The first-order chi connectivity index (χ1) is 11.0. The Kier molecular flexibility index (Phi) is 8.22. The first-order valence-corrected chi connectivity index (χ1v) is 8.35. The topological polar surface area (TPSA) is 46.3 Å². The minimum Gasteiger partial charge on any atom is -0.399 e. The highest BCUT2D eigenvalue weighted by Crippen LogP contribution is 2.18. The van der Waals surface area contributed by atoms with Crippen LogP contribution in [0, 0.1) is 5.82 Å². The Bertz CT molecular complexity index is 696. The quantitative estimate of drug-likeness (QED) is 0.702. The number of hydrogen-bond acceptors (Lipinski definition) is 2. The van der Waals surface area contributed by atoms with Crippen molar-refractivity contribution in [2.24, 2.45) is 0 Å². The Labute approximate surface area is 156 Å². The second-order valence-electron chi connectivity index (χ2n) is 5.34. The van der Waals surface area contributed by atoms with E-state index in [1.165, 1.54) is 6.07 Å². The average molecular weight is 416 g/mol. The van der Waals surface area contributed by atoms with Crippen molar-refractivity contribution in [1.82, 2.24) is 4.90 Å². The normalized spacial score (nSPS) is 10.1. The van der Waals surface area contributed by atoms with Crippen molar-refractivity contribution in [3.05, 3.63) is 63.9 Å². The molecule has 2 rings (SSSR count). The van der Waals surface area contributed by atoms with Gasteiger partial charge in [0.1, 0.15) is 5.82 Å². The summed E-state index contributed by atoms with van der Waals surface area (Å²) in [5.74, 6) is -0.304. The maximum absolute atomic E-state index is 13.9. The van der Waals surface area contributed by atoms with Gasteiger partial charge in [0, 0.05) is 35.2 Å². The van der Waals surface area contributed by atoms with Crippen molar-refractivity contribution < 1.29 is 9.18 Å². The van der Waals surface area contributed by atoms with Crippen LogP contribution < -0.4 is 5.73 Å². The van der Waals surface area contributed by atoms with Gasteiger partial charge in [0.05, 0.1) is 0 Å². The molecule has 0 aliphatic heterocycles. The third-order valence-corrected chi connectivity index (χ3v) is 4.26. The van der Waals surface area contributed by atoms with Gasteiger partial charge in [-0.15, -0.1) is 12.4 Å². The molecule has 0 aromatic heterocycles. The SMILES string of the molecule is CCN(Cc1cc(Br)ccc1F)C(=O)CCc1ccccc1N.Cl. The van der Waals surface area contributed by atoms with E-state index in [1.807, 2.05) is 31.2 Å². The molecular weight excluding hydrogens is 395 g/mol. The van der Waals surface area contributed by atoms with Crippen LogP contribution in [-0.4, -0.2) is 17.4 Å². The lowest BCUT2D eigenvalue weighted by molar-refractivity contribution is -0.131. The lowest BCUT2D eigenvalue weighted by Crippen LogP contribution is -2.30. The van der Waals surface area contributed by atoms with Crippen molar-refractivity contribution in [1.29, 1.82) is 0 Å². The summed E-state index contributed by atoms with van der Waals surface area (Å²) in [6, 6.07) is 12.3. The summed E-state index contributed by atoms with van der Waals surface area (Å²) >= 11 is 3.33. The lowest BCUT2D eigenvalue weighted by atomic mass is 10.1. The Morgan fingerprint density at radius 2 is 1.92 bits per heavy atom. The molecule has 2 N–H and O–H groups in total. The monoisotopic (exact) mass is 414 g/mol.